The molecule has 0 heterocycles. The molecule has 0 bridgehead atoms. The van der Waals surface area contributed by atoms with Crippen molar-refractivity contribution in [2.75, 3.05) is 20.3 Å². The minimum Gasteiger partial charge on any atom is -0.389 e. The van der Waals surface area contributed by atoms with Crippen molar-refractivity contribution < 1.29 is 9.84 Å². The van der Waals surface area contributed by atoms with E-state index < -0.39 is 6.10 Å². The topological polar surface area (TPSA) is 41.5 Å². The molecule has 1 atom stereocenters. The lowest BCUT2D eigenvalue weighted by molar-refractivity contribution is 0.0629. The van der Waals surface area contributed by atoms with Crippen molar-refractivity contribution in [2.24, 2.45) is 0 Å². The highest BCUT2D eigenvalue weighted by Gasteiger charge is 2.20. The summed E-state index contributed by atoms with van der Waals surface area (Å²) in [4.78, 5) is 0. The van der Waals surface area contributed by atoms with E-state index in [1.165, 1.54) is 11.1 Å². The SMILES string of the molecule is COCC(O)CNC1Cc2ccccc2C1. The number of fused-ring (bicyclic) bond motifs is 1. The number of methoxy groups -OCH3 is 1. The number of nitrogens with one attached hydrogen (secondary N) is 1. The minimum absolute atomic E-state index is 0.396. The normalized spacial score (nSPS) is 17.4. The Morgan fingerprint density at radius 2 is 2.00 bits per heavy atom. The van der Waals surface area contributed by atoms with E-state index in [-0.39, 0.29) is 0 Å². The van der Waals surface area contributed by atoms with Crippen molar-refractivity contribution in [1.82, 2.24) is 5.32 Å². The lowest BCUT2D eigenvalue weighted by atomic mass is 10.1. The van der Waals surface area contributed by atoms with E-state index >= 15 is 0 Å². The van der Waals surface area contributed by atoms with Gasteiger partial charge >= 0.3 is 0 Å². The minimum atomic E-state index is -0.409. The molecule has 0 fully saturated rings. The van der Waals surface area contributed by atoms with Gasteiger partial charge in [0.2, 0.25) is 0 Å². The molecule has 1 aromatic carbocycles. The molecule has 0 amide bonds. The van der Waals surface area contributed by atoms with E-state index in [4.69, 9.17) is 4.74 Å². The van der Waals surface area contributed by atoms with Crippen LogP contribution in [0.2, 0.25) is 0 Å². The molecule has 0 aliphatic heterocycles. The standard InChI is InChI=1S/C13H19NO2/c1-16-9-13(15)8-14-12-6-10-4-2-3-5-11(10)7-12/h2-5,12-15H,6-9H2,1H3. The summed E-state index contributed by atoms with van der Waals surface area (Å²) in [5.74, 6) is 0. The summed E-state index contributed by atoms with van der Waals surface area (Å²) in [6.45, 7) is 0.999. The fourth-order valence-corrected chi connectivity index (χ4v) is 2.26. The Morgan fingerprint density at radius 1 is 1.38 bits per heavy atom. The summed E-state index contributed by atoms with van der Waals surface area (Å²) < 4.78 is 4.89. The Kier molecular flexibility index (Phi) is 3.93. The molecule has 2 N–H and O–H groups in total. The molecule has 1 unspecified atom stereocenters. The van der Waals surface area contributed by atoms with Gasteiger partial charge < -0.3 is 15.2 Å². The van der Waals surface area contributed by atoms with Crippen molar-refractivity contribution >= 4 is 0 Å². The number of aliphatic hydroxyl groups excluding tert-OH is 1. The molecule has 0 spiro atoms. The third-order valence-electron chi connectivity index (χ3n) is 3.05. The van der Waals surface area contributed by atoms with Crippen LogP contribution in [-0.2, 0) is 17.6 Å². The van der Waals surface area contributed by atoms with Crippen LogP contribution in [0.5, 0.6) is 0 Å². The van der Waals surface area contributed by atoms with Crippen LogP contribution < -0.4 is 5.32 Å². The first-order chi connectivity index (χ1) is 7.79. The van der Waals surface area contributed by atoms with E-state index in [1.54, 1.807) is 7.11 Å². The Hall–Kier alpha value is -0.900. The zero-order valence-electron chi connectivity index (χ0n) is 9.65. The first-order valence-corrected chi connectivity index (χ1v) is 5.76. The highest BCUT2D eigenvalue weighted by Crippen LogP contribution is 2.21. The van der Waals surface area contributed by atoms with Crippen LogP contribution in [0.1, 0.15) is 11.1 Å². The molecule has 1 aliphatic carbocycles. The first-order valence-electron chi connectivity index (χ1n) is 5.76. The predicted molar refractivity (Wildman–Crippen MR) is 63.5 cm³/mol. The van der Waals surface area contributed by atoms with Gasteiger partial charge in [-0.1, -0.05) is 24.3 Å². The maximum atomic E-state index is 9.54. The zero-order valence-corrected chi connectivity index (χ0v) is 9.65. The maximum Gasteiger partial charge on any atom is 0.0897 e. The van der Waals surface area contributed by atoms with Crippen LogP contribution in [0.15, 0.2) is 24.3 Å². The summed E-state index contributed by atoms with van der Waals surface area (Å²) in [6.07, 6.45) is 1.72. The van der Waals surface area contributed by atoms with Gasteiger partial charge in [0.15, 0.2) is 0 Å². The van der Waals surface area contributed by atoms with E-state index in [1.807, 2.05) is 0 Å². The molecule has 1 aromatic rings. The first kappa shape index (κ1) is 11.6. The molecule has 0 saturated heterocycles. The Morgan fingerprint density at radius 3 is 2.56 bits per heavy atom. The second-order valence-electron chi connectivity index (χ2n) is 4.39. The van der Waals surface area contributed by atoms with Crippen molar-refractivity contribution in [3.8, 4) is 0 Å². The quantitative estimate of drug-likeness (QED) is 0.771. The Balaban J connectivity index is 1.79. The summed E-state index contributed by atoms with van der Waals surface area (Å²) in [5, 5.41) is 12.9. The molecule has 3 heteroatoms. The summed E-state index contributed by atoms with van der Waals surface area (Å²) in [7, 11) is 1.61. The fourth-order valence-electron chi connectivity index (χ4n) is 2.26. The number of rotatable bonds is 5. The van der Waals surface area contributed by atoms with Gasteiger partial charge in [-0.2, -0.15) is 0 Å². The van der Waals surface area contributed by atoms with Crippen LogP contribution >= 0.6 is 0 Å². The molecule has 3 nitrogen and oxygen atoms in total. The summed E-state index contributed by atoms with van der Waals surface area (Å²) in [6, 6.07) is 9.00. The molecule has 0 radical (unpaired) electrons. The highest BCUT2D eigenvalue weighted by atomic mass is 16.5. The van der Waals surface area contributed by atoms with Crippen molar-refractivity contribution in [2.45, 2.75) is 25.0 Å². The fraction of sp³-hybridized carbons (Fsp3) is 0.538. The van der Waals surface area contributed by atoms with Crippen molar-refractivity contribution in [3.63, 3.8) is 0 Å². The molecule has 0 aromatic heterocycles. The Bertz CT molecular complexity index is 315. The van der Waals surface area contributed by atoms with Gasteiger partial charge in [0.25, 0.3) is 0 Å². The van der Waals surface area contributed by atoms with Crippen molar-refractivity contribution in [3.05, 3.63) is 35.4 Å². The summed E-state index contributed by atoms with van der Waals surface area (Å²) in [5.41, 5.74) is 2.86. The van der Waals surface area contributed by atoms with Gasteiger partial charge in [0.05, 0.1) is 12.7 Å². The zero-order chi connectivity index (χ0) is 11.4. The summed E-state index contributed by atoms with van der Waals surface area (Å²) >= 11 is 0. The van der Waals surface area contributed by atoms with E-state index in [2.05, 4.69) is 29.6 Å². The lowest BCUT2D eigenvalue weighted by Gasteiger charge is -2.15. The van der Waals surface area contributed by atoms with E-state index in [0.29, 0.717) is 19.2 Å². The second kappa shape index (κ2) is 5.43. The highest BCUT2D eigenvalue weighted by molar-refractivity contribution is 5.33. The van der Waals surface area contributed by atoms with Crippen LogP contribution in [0.4, 0.5) is 0 Å². The third-order valence-corrected chi connectivity index (χ3v) is 3.05. The molecular formula is C13H19NO2. The molecular weight excluding hydrogens is 202 g/mol. The predicted octanol–water partition coefficient (Wildman–Crippen LogP) is 0.751. The van der Waals surface area contributed by atoms with E-state index in [0.717, 1.165) is 12.8 Å². The molecule has 1 aliphatic rings. The molecule has 88 valence electrons. The third kappa shape index (κ3) is 2.82. The number of hydrogen-bond donors (Lipinski definition) is 2. The van der Waals surface area contributed by atoms with Gasteiger partial charge in [-0.3, -0.25) is 0 Å². The maximum absolute atomic E-state index is 9.54. The van der Waals surface area contributed by atoms with Crippen LogP contribution in [0.3, 0.4) is 0 Å². The largest absolute Gasteiger partial charge is 0.389 e. The smallest absolute Gasteiger partial charge is 0.0897 e. The monoisotopic (exact) mass is 221 g/mol. The second-order valence-corrected chi connectivity index (χ2v) is 4.39. The number of ether oxygens (including phenoxy) is 1. The average Bonchev–Trinajstić information content (AvgIpc) is 2.69. The van der Waals surface area contributed by atoms with E-state index in [9.17, 15) is 5.11 Å². The van der Waals surface area contributed by atoms with Gasteiger partial charge in [0, 0.05) is 19.7 Å². The molecule has 2 rings (SSSR count). The van der Waals surface area contributed by atoms with Gasteiger partial charge in [-0.15, -0.1) is 0 Å². The van der Waals surface area contributed by atoms with Gasteiger partial charge in [-0.25, -0.2) is 0 Å². The number of benzene rings is 1. The molecule has 16 heavy (non-hydrogen) atoms. The molecule has 0 saturated carbocycles. The average molecular weight is 221 g/mol. The Labute approximate surface area is 96.4 Å². The number of hydrogen-bond acceptors (Lipinski definition) is 3. The van der Waals surface area contributed by atoms with Crippen LogP contribution in [-0.4, -0.2) is 37.5 Å². The number of aliphatic hydroxyl groups is 1. The van der Waals surface area contributed by atoms with Crippen molar-refractivity contribution in [1.29, 1.82) is 0 Å². The van der Waals surface area contributed by atoms with Gasteiger partial charge in [-0.05, 0) is 24.0 Å². The van der Waals surface area contributed by atoms with Crippen LogP contribution in [0.25, 0.3) is 0 Å². The lowest BCUT2D eigenvalue weighted by Crippen LogP contribution is -2.37. The van der Waals surface area contributed by atoms with Gasteiger partial charge in [0.1, 0.15) is 0 Å². The van der Waals surface area contributed by atoms with Crippen LogP contribution in [0, 0.1) is 0 Å².